The van der Waals surface area contributed by atoms with E-state index in [1.54, 1.807) is 86.2 Å². The highest BCUT2D eigenvalue weighted by molar-refractivity contribution is 6.21. The number of aromatic amines is 2. The summed E-state index contributed by atoms with van der Waals surface area (Å²) in [5, 5.41) is 32.0. The highest BCUT2D eigenvalue weighted by Gasteiger charge is 2.48. The molecule has 136 heavy (non-hydrogen) atoms. The number of pyridine rings is 4. The van der Waals surface area contributed by atoms with Crippen LogP contribution < -0.4 is 70.4 Å². The Kier molecular flexibility index (Phi) is 26.6. The summed E-state index contributed by atoms with van der Waals surface area (Å²) in [5.74, 6) is 0.121. The molecular weight excluding hydrogens is 1830 g/mol. The second kappa shape index (κ2) is 39.2. The third kappa shape index (κ3) is 23.7. The Balaban J connectivity index is 0.000000126. The molecule has 2 aliphatic carbocycles. The summed E-state index contributed by atoms with van der Waals surface area (Å²) in [6.07, 6.45) is 23.5. The first-order valence-electron chi connectivity index (χ1n) is 41.5. The monoisotopic (exact) mass is 1910 g/mol. The number of hydrogen-bond acceptors (Lipinski definition) is 28. The van der Waals surface area contributed by atoms with Crippen molar-refractivity contribution in [3.05, 3.63) is 278 Å². The van der Waals surface area contributed by atoms with Gasteiger partial charge in [-0.15, -0.1) is 43.9 Å². The van der Waals surface area contributed by atoms with E-state index in [1.807, 2.05) is 4.90 Å². The van der Waals surface area contributed by atoms with Crippen LogP contribution in [-0.2, 0) is 26.2 Å². The molecular formula is C90H74Cl2F10N26O8. The summed E-state index contributed by atoms with van der Waals surface area (Å²) < 4.78 is 141. The van der Waals surface area contributed by atoms with Gasteiger partial charge in [0.05, 0.1) is 59.1 Å². The number of ether oxygens (including phenoxy) is 4. The molecule has 2 saturated carbocycles. The van der Waals surface area contributed by atoms with Crippen LogP contribution in [0.5, 0.6) is 23.0 Å². The zero-order valence-corrected chi connectivity index (χ0v) is 72.2. The van der Waals surface area contributed by atoms with Crippen molar-refractivity contribution in [1.82, 2.24) is 90.8 Å². The number of fused-ring (bicyclic) bond motifs is 2. The number of carbonyl (C=O) groups is 4. The van der Waals surface area contributed by atoms with E-state index in [4.69, 9.17) is 23.2 Å². The van der Waals surface area contributed by atoms with Crippen LogP contribution in [0.25, 0.3) is 44.5 Å². The van der Waals surface area contributed by atoms with Crippen LogP contribution in [0.4, 0.5) is 89.9 Å². The predicted molar refractivity (Wildman–Crippen MR) is 476 cm³/mol. The van der Waals surface area contributed by atoms with E-state index >= 15 is 0 Å². The summed E-state index contributed by atoms with van der Waals surface area (Å²) in [6, 6.07) is 27.6. The second-order valence-corrected chi connectivity index (χ2v) is 32.6. The van der Waals surface area contributed by atoms with Gasteiger partial charge >= 0.3 is 23.9 Å². The average molecular weight is 1910 g/mol. The Labute approximate surface area is 774 Å². The highest BCUT2D eigenvalue weighted by atomic mass is 35.5. The molecule has 14 heterocycles. The van der Waals surface area contributed by atoms with E-state index in [0.29, 0.717) is 99.5 Å². The molecule has 20 rings (SSSR count). The molecule has 0 bridgehead atoms. The lowest BCUT2D eigenvalue weighted by atomic mass is 10.1. The fourth-order valence-electron chi connectivity index (χ4n) is 15.4. The molecule has 696 valence electrons. The van der Waals surface area contributed by atoms with Crippen LogP contribution in [-0.4, -0.2) is 178 Å². The average Bonchev–Trinajstić information content (AvgIpc) is 1.62. The Morgan fingerprint density at radius 3 is 0.838 bits per heavy atom. The van der Waals surface area contributed by atoms with E-state index in [2.05, 4.69) is 146 Å². The van der Waals surface area contributed by atoms with Gasteiger partial charge < -0.3 is 70.4 Å². The SMILES string of the molecule is O=C(Nc1ccc(OC(F)(F)Cl)cc1)c1cnc(N2CCNC3(CC3)C2)c(-c2cncnc2)c1.O=C(Nc1ccc(OC(F)(F)Cl)cc1)c1cnc(N2Cc3cn[nH]c3C2)c(-c2cncnc2)c1.O=C(Nc1ccc(OC(F)(F)F)cc1)c1cnc(N2CCNC3(CC3)C2)c(-c2cncnc2)c1.O=C(Nc1ccc(OC(F)(F)F)cc1)c1cnc(N2Cc3cn[nH]c3C2)c(-c2cncnc2)c1. The topological polar surface area (TPSA) is 402 Å². The Hall–Kier alpha value is -15.7. The molecule has 0 unspecified atom stereocenters. The van der Waals surface area contributed by atoms with E-state index in [-0.39, 0.29) is 39.6 Å². The molecule has 8 N–H and O–H groups in total. The lowest BCUT2D eigenvalue weighted by Crippen LogP contribution is -2.53. The minimum atomic E-state index is -4.79. The van der Waals surface area contributed by atoms with Gasteiger partial charge in [0.2, 0.25) is 0 Å². The molecule has 14 aromatic rings. The summed E-state index contributed by atoms with van der Waals surface area (Å²) >= 11 is 9.54. The molecule has 4 aromatic carbocycles. The van der Waals surface area contributed by atoms with Gasteiger partial charge in [-0.05, 0) is 147 Å². The first kappa shape index (κ1) is 92.2. The van der Waals surface area contributed by atoms with Gasteiger partial charge in [0.1, 0.15) is 71.6 Å². The van der Waals surface area contributed by atoms with E-state index < -0.39 is 47.5 Å². The Bertz CT molecular complexity index is 6170. The molecule has 4 aliphatic heterocycles. The van der Waals surface area contributed by atoms with Crippen molar-refractivity contribution in [2.75, 3.05) is 80.1 Å². The van der Waals surface area contributed by atoms with Gasteiger partial charge in [-0.25, -0.2) is 59.8 Å². The number of hydrogen-bond donors (Lipinski definition) is 8. The number of amides is 4. The van der Waals surface area contributed by atoms with Gasteiger partial charge in [0.25, 0.3) is 23.6 Å². The van der Waals surface area contributed by atoms with Gasteiger partial charge in [-0.2, -0.15) is 10.2 Å². The smallest absolute Gasteiger partial charge is 0.420 e. The van der Waals surface area contributed by atoms with Crippen LogP contribution in [0.2, 0.25) is 0 Å². The quantitative estimate of drug-likeness (QED) is 0.0231. The largest absolute Gasteiger partial charge is 0.573 e. The van der Waals surface area contributed by atoms with Crippen molar-refractivity contribution in [1.29, 1.82) is 0 Å². The molecule has 6 aliphatic rings. The van der Waals surface area contributed by atoms with Crippen molar-refractivity contribution in [2.45, 2.75) is 86.8 Å². The van der Waals surface area contributed by atoms with Crippen molar-refractivity contribution in [2.24, 2.45) is 0 Å². The fraction of sp³-hybridized carbons (Fsp3) is 0.222. The van der Waals surface area contributed by atoms with Gasteiger partial charge in [-0.3, -0.25) is 29.4 Å². The number of piperazine rings is 2. The van der Waals surface area contributed by atoms with Crippen LogP contribution in [0.1, 0.15) is 89.6 Å². The van der Waals surface area contributed by atoms with E-state index in [1.165, 1.54) is 123 Å². The maximum atomic E-state index is 12.9. The predicted octanol–water partition coefficient (Wildman–Crippen LogP) is 15.7. The van der Waals surface area contributed by atoms with Gasteiger partial charge in [-0.1, -0.05) is 0 Å². The van der Waals surface area contributed by atoms with E-state index in [9.17, 15) is 63.1 Å². The summed E-state index contributed by atoms with van der Waals surface area (Å²) in [4.78, 5) is 111. The summed E-state index contributed by atoms with van der Waals surface area (Å²) in [5.41, 5.74) is 5.19. The van der Waals surface area contributed by atoms with Crippen LogP contribution in [0, 0.1) is 0 Å². The molecule has 34 nitrogen and oxygen atoms in total. The fourth-order valence-corrected chi connectivity index (χ4v) is 15.6. The van der Waals surface area contributed by atoms with Crippen molar-refractivity contribution < 1.29 is 82.0 Å². The summed E-state index contributed by atoms with van der Waals surface area (Å²) in [7, 11) is 0. The Morgan fingerprint density at radius 1 is 0.338 bits per heavy atom. The zero-order chi connectivity index (χ0) is 94.9. The molecule has 0 atom stereocenters. The maximum absolute atomic E-state index is 12.9. The lowest BCUT2D eigenvalue weighted by molar-refractivity contribution is -0.275. The normalized spacial score (nSPS) is 14.9. The lowest BCUT2D eigenvalue weighted by Gasteiger charge is -2.36. The number of anilines is 8. The maximum Gasteiger partial charge on any atom is 0.573 e. The molecule has 2 saturated heterocycles. The molecule has 10 aromatic heterocycles. The Morgan fingerprint density at radius 2 is 0.596 bits per heavy atom. The number of H-pyrrole nitrogens is 2. The number of nitrogens with one attached hydrogen (secondary N) is 8. The molecule has 0 radical (unpaired) electrons. The zero-order valence-electron chi connectivity index (χ0n) is 70.7. The number of alkyl halides is 12. The van der Waals surface area contributed by atoms with Crippen LogP contribution in [0.3, 0.4) is 0 Å². The number of halogens is 12. The van der Waals surface area contributed by atoms with Crippen LogP contribution in [0.15, 0.2) is 233 Å². The van der Waals surface area contributed by atoms with Crippen molar-refractivity contribution >= 4 is 92.9 Å². The van der Waals surface area contributed by atoms with E-state index in [0.717, 1.165) is 146 Å². The summed E-state index contributed by atoms with van der Waals surface area (Å²) in [6.45, 7) is 7.40. The molecule has 46 heteroatoms. The van der Waals surface area contributed by atoms with Gasteiger partial charge in [0, 0.05) is 239 Å². The number of nitrogens with zero attached hydrogens (tertiary/aromatic N) is 18. The highest BCUT2D eigenvalue weighted by Crippen LogP contribution is 2.44. The third-order valence-electron chi connectivity index (χ3n) is 22.1. The molecule has 4 amide bonds. The van der Waals surface area contributed by atoms with Crippen LogP contribution >= 0.6 is 23.2 Å². The van der Waals surface area contributed by atoms with Crippen molar-refractivity contribution in [3.8, 4) is 67.5 Å². The van der Waals surface area contributed by atoms with Gasteiger partial charge in [0.15, 0.2) is 0 Å². The second-order valence-electron chi connectivity index (χ2n) is 31.7. The minimum Gasteiger partial charge on any atom is -0.420 e. The number of carbonyl (C=O) groups excluding carboxylic acids is 4. The van der Waals surface area contributed by atoms with Crippen molar-refractivity contribution in [3.63, 3.8) is 0 Å². The molecule has 2 spiro atoms. The third-order valence-corrected chi connectivity index (χ3v) is 22.2. The number of rotatable bonds is 22. The number of benzene rings is 4. The standard InChI is InChI=1S/C23H21ClF2N6O2.C23H21F3N6O2.C22H16ClF2N7O2.C22H16F3N7O2/c2*24-23(25,26)34-18-3-1-17(2-4-18)31-21(33)15-9-19(16-10-27-14-28-11-16)20(29-12-15)32-8-7-30-22(13-32)5-6-22;2*23-22(24,25)34-17-3-1-16(2-4-17)30-21(33)13-5-18(14-6-26-12-27-7-14)20(28-8-13)32-10-15-9-29-31-19(15)11-32/h2*1-4,9-12,14,30H,5-8,13H2,(H,31,33);2*1-9,12H,10-11H2,(H,29,31)(H,30,33). The minimum absolute atomic E-state index is 0.125. The molecule has 4 fully saturated rings. The first-order valence-corrected chi connectivity index (χ1v) is 42.3. The number of aromatic nitrogens is 16. The first-order chi connectivity index (χ1) is 65.3.